The normalized spacial score (nSPS) is 14.6. The number of para-hydroxylation sites is 1. The van der Waals surface area contributed by atoms with Crippen LogP contribution in [0.2, 0.25) is 0 Å². The SMILES string of the molecule is COc1cc(/C=C(\C)C(=O)/C(C=NC(C)c2c(C)cc(Oc3ccccc3F)cc2F)=C(/C)N)c(C(C)C)cc1NSCC(=O)N1CCCC1. The third-order valence-corrected chi connectivity index (χ3v) is 9.24. The number of carbonyl (C=O) groups excluding carboxylic acids is 2. The average Bonchev–Trinajstić information content (AvgIpc) is 3.61. The average molecular weight is 705 g/mol. The number of ether oxygens (including phenoxy) is 2. The van der Waals surface area contributed by atoms with Gasteiger partial charge >= 0.3 is 0 Å². The molecule has 8 nitrogen and oxygen atoms in total. The quantitative estimate of drug-likeness (QED) is 0.0981. The van der Waals surface area contributed by atoms with E-state index in [1.165, 1.54) is 36.4 Å². The second-order valence-corrected chi connectivity index (χ2v) is 13.5. The molecule has 1 amide bonds. The van der Waals surface area contributed by atoms with Crippen LogP contribution in [-0.4, -0.2) is 48.8 Å². The van der Waals surface area contributed by atoms with E-state index >= 15 is 4.39 Å². The molecule has 1 aliphatic heterocycles. The van der Waals surface area contributed by atoms with Gasteiger partial charge in [0.2, 0.25) is 5.91 Å². The number of anilines is 1. The highest BCUT2D eigenvalue weighted by atomic mass is 32.2. The highest BCUT2D eigenvalue weighted by Crippen LogP contribution is 2.36. The molecule has 1 aliphatic rings. The van der Waals surface area contributed by atoms with Gasteiger partial charge in [0.25, 0.3) is 0 Å². The fraction of sp³-hybridized carbons (Fsp3) is 0.359. The smallest absolute Gasteiger partial charge is 0.234 e. The summed E-state index contributed by atoms with van der Waals surface area (Å²) in [5.41, 5.74) is 10.5. The number of hydrogen-bond donors (Lipinski definition) is 2. The molecule has 11 heteroatoms. The van der Waals surface area contributed by atoms with E-state index < -0.39 is 17.7 Å². The third kappa shape index (κ3) is 9.53. The number of allylic oxidation sites excluding steroid dienone is 3. The van der Waals surface area contributed by atoms with Crippen molar-refractivity contribution in [3.05, 3.63) is 99.3 Å². The Kier molecular flexibility index (Phi) is 13.2. The Morgan fingerprint density at radius 2 is 1.74 bits per heavy atom. The van der Waals surface area contributed by atoms with Crippen molar-refractivity contribution < 1.29 is 27.8 Å². The number of Topliss-reactive ketones (excluding diaryl/α,β-unsaturated/α-hetero) is 1. The molecule has 1 heterocycles. The van der Waals surface area contributed by atoms with Gasteiger partial charge in [-0.2, -0.15) is 0 Å². The molecule has 0 aromatic heterocycles. The highest BCUT2D eigenvalue weighted by molar-refractivity contribution is 8.01. The van der Waals surface area contributed by atoms with Crippen LogP contribution in [0.3, 0.4) is 0 Å². The first-order valence-corrected chi connectivity index (χ1v) is 17.6. The summed E-state index contributed by atoms with van der Waals surface area (Å²) in [6.45, 7) is 12.5. The van der Waals surface area contributed by atoms with Gasteiger partial charge in [0.15, 0.2) is 17.3 Å². The number of hydrogen-bond acceptors (Lipinski definition) is 8. The fourth-order valence-corrected chi connectivity index (χ4v) is 6.49. The fourth-order valence-electron chi connectivity index (χ4n) is 5.80. The maximum Gasteiger partial charge on any atom is 0.234 e. The molecule has 1 unspecified atom stereocenters. The molecular formula is C39H46F2N4O4S. The van der Waals surface area contributed by atoms with Crippen molar-refractivity contribution >= 4 is 41.6 Å². The van der Waals surface area contributed by atoms with Crippen LogP contribution in [0.4, 0.5) is 14.5 Å². The molecule has 1 atom stereocenters. The number of methoxy groups -OCH3 is 1. The number of nitrogens with two attached hydrogens (primary N) is 1. The van der Waals surface area contributed by atoms with Gasteiger partial charge in [-0.3, -0.25) is 14.6 Å². The van der Waals surface area contributed by atoms with Crippen molar-refractivity contribution in [1.29, 1.82) is 0 Å². The van der Waals surface area contributed by atoms with Gasteiger partial charge in [-0.25, -0.2) is 8.78 Å². The standard InChI is InChI=1S/C39H46F2N4O4S/c1-23(2)30-20-34(44-50-22-37(46)45-14-10-11-15-45)36(48-7)18-28(30)16-25(4)39(47)31(26(5)42)21-43-27(6)38-24(3)17-29(19-33(38)41)49-35-13-9-8-12-32(35)40/h8-9,12-13,16-21,23,27,44H,10-11,14-15,22,42H2,1-7H3/b25-16+,31-26-,43-21?. The summed E-state index contributed by atoms with van der Waals surface area (Å²) in [5, 5.41) is 0. The number of nitrogens with one attached hydrogen (secondary N) is 1. The van der Waals surface area contributed by atoms with Crippen molar-refractivity contribution in [1.82, 2.24) is 4.90 Å². The molecule has 3 N–H and O–H groups in total. The van der Waals surface area contributed by atoms with Crippen molar-refractivity contribution in [3.63, 3.8) is 0 Å². The number of halogens is 2. The minimum Gasteiger partial charge on any atom is -0.495 e. The third-order valence-electron chi connectivity index (χ3n) is 8.48. The van der Waals surface area contributed by atoms with E-state index in [2.05, 4.69) is 23.6 Å². The molecule has 3 aromatic rings. The zero-order valence-corrected chi connectivity index (χ0v) is 30.5. The lowest BCUT2D eigenvalue weighted by Crippen LogP contribution is -2.29. The monoisotopic (exact) mass is 704 g/mol. The molecular weight excluding hydrogens is 659 g/mol. The second kappa shape index (κ2) is 17.3. The van der Waals surface area contributed by atoms with Gasteiger partial charge < -0.3 is 24.8 Å². The number of benzene rings is 3. The molecule has 4 rings (SSSR count). The number of likely N-dealkylation sites (tertiary alicyclic amines) is 1. The van der Waals surface area contributed by atoms with Gasteiger partial charge in [-0.05, 0) is 117 Å². The van der Waals surface area contributed by atoms with Crippen LogP contribution in [0, 0.1) is 18.6 Å². The van der Waals surface area contributed by atoms with Crippen LogP contribution in [0.1, 0.15) is 81.7 Å². The van der Waals surface area contributed by atoms with Crippen LogP contribution in [0.25, 0.3) is 6.08 Å². The molecule has 0 radical (unpaired) electrons. The summed E-state index contributed by atoms with van der Waals surface area (Å²) >= 11 is 1.32. The lowest BCUT2D eigenvalue weighted by molar-refractivity contribution is -0.127. The molecule has 266 valence electrons. The summed E-state index contributed by atoms with van der Waals surface area (Å²) in [7, 11) is 1.57. The molecule has 0 spiro atoms. The summed E-state index contributed by atoms with van der Waals surface area (Å²) in [6, 6.07) is 11.9. The molecule has 0 aliphatic carbocycles. The number of aryl methyl sites for hydroxylation is 1. The van der Waals surface area contributed by atoms with E-state index in [1.54, 1.807) is 59.1 Å². The van der Waals surface area contributed by atoms with Crippen LogP contribution in [0.15, 0.2) is 70.4 Å². The van der Waals surface area contributed by atoms with E-state index in [-0.39, 0.29) is 40.4 Å². The number of ketones is 1. The van der Waals surface area contributed by atoms with Crippen LogP contribution < -0.4 is 19.9 Å². The lowest BCUT2D eigenvalue weighted by Gasteiger charge is -2.19. The predicted octanol–water partition coefficient (Wildman–Crippen LogP) is 8.92. The second-order valence-electron chi connectivity index (χ2n) is 12.7. The van der Waals surface area contributed by atoms with E-state index in [0.717, 1.165) is 42.7 Å². The first-order valence-electron chi connectivity index (χ1n) is 16.6. The minimum atomic E-state index is -0.663. The van der Waals surface area contributed by atoms with Crippen molar-refractivity contribution in [2.24, 2.45) is 10.7 Å². The maximum atomic E-state index is 15.3. The Morgan fingerprint density at radius 3 is 2.36 bits per heavy atom. The Morgan fingerprint density at radius 1 is 1.04 bits per heavy atom. The van der Waals surface area contributed by atoms with Crippen molar-refractivity contribution in [2.45, 2.75) is 66.3 Å². The Hall–Kier alpha value is -4.64. The number of carbonyl (C=O) groups is 2. The number of aliphatic imine (C=N–C) groups is 1. The highest BCUT2D eigenvalue weighted by Gasteiger charge is 2.21. The maximum absolute atomic E-state index is 15.3. The van der Waals surface area contributed by atoms with Gasteiger partial charge in [0, 0.05) is 36.6 Å². The van der Waals surface area contributed by atoms with Crippen molar-refractivity contribution in [3.8, 4) is 17.2 Å². The van der Waals surface area contributed by atoms with Crippen molar-refractivity contribution in [2.75, 3.05) is 30.7 Å². The Balaban J connectivity index is 1.52. The van der Waals surface area contributed by atoms with Gasteiger partial charge in [-0.1, -0.05) is 26.0 Å². The molecule has 3 aromatic carbocycles. The van der Waals surface area contributed by atoms with E-state index in [1.807, 2.05) is 17.0 Å². The first-order chi connectivity index (χ1) is 23.8. The summed E-state index contributed by atoms with van der Waals surface area (Å²) < 4.78 is 44.0. The van der Waals surface area contributed by atoms with Crippen LogP contribution in [0.5, 0.6) is 17.2 Å². The molecule has 0 saturated carbocycles. The molecule has 1 fully saturated rings. The zero-order valence-electron chi connectivity index (χ0n) is 29.7. The molecule has 0 bridgehead atoms. The molecule has 50 heavy (non-hydrogen) atoms. The summed E-state index contributed by atoms with van der Waals surface area (Å²) in [4.78, 5) is 32.7. The topological polar surface area (TPSA) is 106 Å². The van der Waals surface area contributed by atoms with Gasteiger partial charge in [-0.15, -0.1) is 0 Å². The van der Waals surface area contributed by atoms with E-state index in [4.69, 9.17) is 15.2 Å². The number of nitrogens with zero attached hydrogens (tertiary/aromatic N) is 2. The predicted molar refractivity (Wildman–Crippen MR) is 199 cm³/mol. The summed E-state index contributed by atoms with van der Waals surface area (Å²) in [6.07, 6.45) is 5.28. The zero-order chi connectivity index (χ0) is 36.5. The van der Waals surface area contributed by atoms with Gasteiger partial charge in [0.05, 0.1) is 30.2 Å². The summed E-state index contributed by atoms with van der Waals surface area (Å²) in [5.74, 6) is -0.181. The lowest BCUT2D eigenvalue weighted by atomic mass is 9.93. The van der Waals surface area contributed by atoms with Crippen LogP contribution >= 0.6 is 11.9 Å². The minimum absolute atomic E-state index is 0.00759. The van der Waals surface area contributed by atoms with Crippen LogP contribution in [-0.2, 0) is 9.59 Å². The first kappa shape index (κ1) is 38.2. The number of rotatable bonds is 14. The largest absolute Gasteiger partial charge is 0.495 e. The van der Waals surface area contributed by atoms with E-state index in [0.29, 0.717) is 28.2 Å². The molecule has 1 saturated heterocycles. The Labute approximate surface area is 298 Å². The Bertz CT molecular complexity index is 1790. The number of amides is 1. The van der Waals surface area contributed by atoms with E-state index in [9.17, 15) is 14.0 Å². The van der Waals surface area contributed by atoms with Gasteiger partial charge in [0.1, 0.15) is 17.3 Å².